The minimum atomic E-state index is -0.548. The maximum Gasteiger partial charge on any atom is 0.155 e. The van der Waals surface area contributed by atoms with E-state index < -0.39 is 5.82 Å². The molecule has 2 rings (SSSR count). The van der Waals surface area contributed by atoms with Gasteiger partial charge in [-0.1, -0.05) is 36.4 Å². The number of halogens is 1. The number of rotatable bonds is 6. The van der Waals surface area contributed by atoms with Gasteiger partial charge in [-0.2, -0.15) is 0 Å². The van der Waals surface area contributed by atoms with Gasteiger partial charge >= 0.3 is 0 Å². The zero-order valence-electron chi connectivity index (χ0n) is 11.0. The third-order valence-electron chi connectivity index (χ3n) is 3.07. The van der Waals surface area contributed by atoms with E-state index in [-0.39, 0.29) is 12.2 Å². The van der Waals surface area contributed by atoms with Crippen LogP contribution in [-0.4, -0.2) is 24.5 Å². The van der Waals surface area contributed by atoms with Crippen molar-refractivity contribution >= 4 is 12.0 Å². The van der Waals surface area contributed by atoms with Crippen molar-refractivity contribution in [1.82, 2.24) is 0 Å². The van der Waals surface area contributed by atoms with Crippen LogP contribution in [0.3, 0.4) is 0 Å². The lowest BCUT2D eigenvalue weighted by Crippen LogP contribution is -2.27. The van der Waals surface area contributed by atoms with Gasteiger partial charge in [-0.05, 0) is 17.7 Å². The molecule has 0 saturated carbocycles. The summed E-state index contributed by atoms with van der Waals surface area (Å²) in [5, 5.41) is 9.19. The molecular formula is C16H16FNO2. The van der Waals surface area contributed by atoms with Gasteiger partial charge in [0.25, 0.3) is 0 Å². The van der Waals surface area contributed by atoms with Crippen molar-refractivity contribution in [3.8, 4) is 0 Å². The fourth-order valence-electron chi connectivity index (χ4n) is 2.13. The standard InChI is InChI=1S/C16H16FNO2/c17-15-7-4-8-16(14(15)12-20)18(9-10-19)11-13-5-2-1-3-6-13/h1-8,12,19H,9-11H2. The molecule has 0 saturated heterocycles. The Morgan fingerprint density at radius 1 is 1.10 bits per heavy atom. The molecule has 0 radical (unpaired) electrons. The average molecular weight is 273 g/mol. The average Bonchev–Trinajstić information content (AvgIpc) is 2.47. The van der Waals surface area contributed by atoms with Gasteiger partial charge in [-0.25, -0.2) is 4.39 Å². The molecule has 0 atom stereocenters. The SMILES string of the molecule is O=Cc1c(F)cccc1N(CCO)Cc1ccccc1. The van der Waals surface area contributed by atoms with Gasteiger partial charge in [0.15, 0.2) is 6.29 Å². The van der Waals surface area contributed by atoms with Crippen LogP contribution in [0, 0.1) is 5.82 Å². The van der Waals surface area contributed by atoms with E-state index in [1.165, 1.54) is 6.07 Å². The van der Waals surface area contributed by atoms with E-state index in [0.717, 1.165) is 5.56 Å². The predicted molar refractivity (Wildman–Crippen MR) is 76.4 cm³/mol. The number of aliphatic hydroxyl groups is 1. The number of aliphatic hydroxyl groups excluding tert-OH is 1. The van der Waals surface area contributed by atoms with Crippen molar-refractivity contribution in [3.05, 3.63) is 65.5 Å². The van der Waals surface area contributed by atoms with Crippen LogP contribution in [0.4, 0.5) is 10.1 Å². The number of benzene rings is 2. The first-order valence-corrected chi connectivity index (χ1v) is 6.39. The highest BCUT2D eigenvalue weighted by Crippen LogP contribution is 2.23. The maximum absolute atomic E-state index is 13.7. The van der Waals surface area contributed by atoms with Crippen molar-refractivity contribution in [3.63, 3.8) is 0 Å². The molecule has 104 valence electrons. The van der Waals surface area contributed by atoms with E-state index in [4.69, 9.17) is 0 Å². The highest BCUT2D eigenvalue weighted by Gasteiger charge is 2.14. The molecule has 0 bridgehead atoms. The molecule has 0 amide bonds. The molecule has 2 aromatic carbocycles. The van der Waals surface area contributed by atoms with Gasteiger partial charge in [0.2, 0.25) is 0 Å². The van der Waals surface area contributed by atoms with Crippen LogP contribution in [0.2, 0.25) is 0 Å². The van der Waals surface area contributed by atoms with Crippen LogP contribution in [0.25, 0.3) is 0 Å². The molecule has 0 aromatic heterocycles. The molecule has 3 nitrogen and oxygen atoms in total. The van der Waals surface area contributed by atoms with Gasteiger partial charge < -0.3 is 10.0 Å². The summed E-state index contributed by atoms with van der Waals surface area (Å²) in [5.41, 5.74) is 1.55. The molecule has 0 spiro atoms. The topological polar surface area (TPSA) is 40.5 Å². The highest BCUT2D eigenvalue weighted by atomic mass is 19.1. The lowest BCUT2D eigenvalue weighted by molar-refractivity contribution is 0.112. The lowest BCUT2D eigenvalue weighted by Gasteiger charge is -2.25. The molecule has 0 aliphatic heterocycles. The van der Waals surface area contributed by atoms with Crippen LogP contribution < -0.4 is 4.90 Å². The Kier molecular flexibility index (Phi) is 4.85. The first kappa shape index (κ1) is 14.2. The minimum Gasteiger partial charge on any atom is -0.395 e. The third-order valence-corrected chi connectivity index (χ3v) is 3.07. The molecule has 0 aliphatic carbocycles. The summed E-state index contributed by atoms with van der Waals surface area (Å²) in [7, 11) is 0. The zero-order chi connectivity index (χ0) is 14.4. The second kappa shape index (κ2) is 6.82. The van der Waals surface area contributed by atoms with Crippen molar-refractivity contribution < 1.29 is 14.3 Å². The Bertz CT molecular complexity index is 572. The van der Waals surface area contributed by atoms with Crippen molar-refractivity contribution in [2.75, 3.05) is 18.1 Å². The van der Waals surface area contributed by atoms with Gasteiger partial charge in [0.05, 0.1) is 17.9 Å². The molecular weight excluding hydrogens is 257 g/mol. The van der Waals surface area contributed by atoms with Crippen molar-refractivity contribution in [2.24, 2.45) is 0 Å². The van der Waals surface area contributed by atoms with Crippen LogP contribution in [0.1, 0.15) is 15.9 Å². The fraction of sp³-hybridized carbons (Fsp3) is 0.188. The number of nitrogens with zero attached hydrogens (tertiary/aromatic N) is 1. The van der Waals surface area contributed by atoms with Crippen molar-refractivity contribution in [2.45, 2.75) is 6.54 Å². The molecule has 2 aromatic rings. The van der Waals surface area contributed by atoms with Crippen LogP contribution in [-0.2, 0) is 6.54 Å². The molecule has 4 heteroatoms. The van der Waals surface area contributed by atoms with E-state index in [1.807, 2.05) is 30.3 Å². The van der Waals surface area contributed by atoms with E-state index in [2.05, 4.69) is 0 Å². The minimum absolute atomic E-state index is 0.0249. The Morgan fingerprint density at radius 3 is 2.50 bits per heavy atom. The Morgan fingerprint density at radius 2 is 1.85 bits per heavy atom. The maximum atomic E-state index is 13.7. The van der Waals surface area contributed by atoms with Crippen LogP contribution >= 0.6 is 0 Å². The van der Waals surface area contributed by atoms with Gasteiger partial charge in [-0.3, -0.25) is 4.79 Å². The monoisotopic (exact) mass is 273 g/mol. The van der Waals surface area contributed by atoms with E-state index in [9.17, 15) is 14.3 Å². The summed E-state index contributed by atoms with van der Waals surface area (Å²) in [4.78, 5) is 12.9. The molecule has 20 heavy (non-hydrogen) atoms. The zero-order valence-corrected chi connectivity index (χ0v) is 11.0. The molecule has 0 unspecified atom stereocenters. The Balaban J connectivity index is 2.33. The predicted octanol–water partition coefficient (Wildman–Crippen LogP) is 2.64. The number of carbonyl (C=O) groups is 1. The fourth-order valence-corrected chi connectivity index (χ4v) is 2.13. The second-order valence-corrected chi connectivity index (χ2v) is 4.42. The molecule has 0 aliphatic rings. The quantitative estimate of drug-likeness (QED) is 0.823. The molecule has 1 N–H and O–H groups in total. The largest absolute Gasteiger partial charge is 0.395 e. The first-order valence-electron chi connectivity index (χ1n) is 6.39. The van der Waals surface area contributed by atoms with Crippen molar-refractivity contribution in [1.29, 1.82) is 0 Å². The van der Waals surface area contributed by atoms with E-state index in [0.29, 0.717) is 25.1 Å². The van der Waals surface area contributed by atoms with Gasteiger partial charge in [0.1, 0.15) is 5.82 Å². The van der Waals surface area contributed by atoms with E-state index in [1.54, 1.807) is 17.0 Å². The number of hydrogen-bond acceptors (Lipinski definition) is 3. The summed E-state index contributed by atoms with van der Waals surface area (Å²) in [6, 6.07) is 14.1. The number of aldehydes is 1. The summed E-state index contributed by atoms with van der Waals surface area (Å²) in [6.45, 7) is 0.770. The normalized spacial score (nSPS) is 10.3. The number of carbonyl (C=O) groups excluding carboxylic acids is 1. The van der Waals surface area contributed by atoms with Crippen LogP contribution in [0.15, 0.2) is 48.5 Å². The summed E-state index contributed by atoms with van der Waals surface area (Å²) in [5.74, 6) is -0.548. The number of hydrogen-bond donors (Lipinski definition) is 1. The summed E-state index contributed by atoms with van der Waals surface area (Å²) < 4.78 is 13.7. The van der Waals surface area contributed by atoms with Gasteiger partial charge in [0, 0.05) is 13.1 Å². The van der Waals surface area contributed by atoms with E-state index >= 15 is 0 Å². The second-order valence-electron chi connectivity index (χ2n) is 4.42. The first-order chi connectivity index (χ1) is 9.76. The van der Waals surface area contributed by atoms with Crippen LogP contribution in [0.5, 0.6) is 0 Å². The summed E-state index contributed by atoms with van der Waals surface area (Å²) >= 11 is 0. The smallest absolute Gasteiger partial charge is 0.155 e. The lowest BCUT2D eigenvalue weighted by atomic mass is 10.1. The Hall–Kier alpha value is -2.20. The van der Waals surface area contributed by atoms with Gasteiger partial charge in [-0.15, -0.1) is 0 Å². The molecule has 0 fully saturated rings. The summed E-state index contributed by atoms with van der Waals surface area (Å²) in [6.07, 6.45) is 0.514. The number of anilines is 1. The highest BCUT2D eigenvalue weighted by molar-refractivity contribution is 5.85. The third kappa shape index (κ3) is 3.22. The Labute approximate surface area is 117 Å². The molecule has 0 heterocycles.